The van der Waals surface area contributed by atoms with Crippen molar-refractivity contribution in [1.82, 2.24) is 10.1 Å². The molecular weight excluding hydrogens is 378 g/mol. The lowest BCUT2D eigenvalue weighted by Crippen LogP contribution is -2.24. The van der Waals surface area contributed by atoms with E-state index in [1.54, 1.807) is 4.90 Å². The van der Waals surface area contributed by atoms with Crippen molar-refractivity contribution in [3.05, 3.63) is 58.9 Å². The minimum atomic E-state index is -0.142. The highest BCUT2D eigenvalue weighted by Gasteiger charge is 2.35. The molecule has 0 bridgehead atoms. The third kappa shape index (κ3) is 3.60. The quantitative estimate of drug-likeness (QED) is 0.628. The number of benzene rings is 2. The Bertz CT molecular complexity index is 1000. The number of ether oxygens (including phenoxy) is 1. The van der Waals surface area contributed by atoms with E-state index in [0.717, 1.165) is 22.6 Å². The van der Waals surface area contributed by atoms with Gasteiger partial charge in [0.15, 0.2) is 0 Å². The first-order chi connectivity index (χ1) is 13.5. The second-order valence-electron chi connectivity index (χ2n) is 6.75. The van der Waals surface area contributed by atoms with Gasteiger partial charge in [0, 0.05) is 29.2 Å². The number of aryl methyl sites for hydroxylation is 1. The highest BCUT2D eigenvalue weighted by atomic mass is 35.5. The number of nitrogens with zero attached hydrogens (tertiary/aromatic N) is 3. The molecular formula is C21H20ClN3O3. The van der Waals surface area contributed by atoms with E-state index in [2.05, 4.69) is 10.1 Å². The Hall–Kier alpha value is -2.86. The Labute approximate surface area is 168 Å². The number of hydrogen-bond acceptors (Lipinski definition) is 5. The van der Waals surface area contributed by atoms with Crippen LogP contribution in [0.5, 0.6) is 5.75 Å². The molecule has 0 N–H and O–H groups in total. The van der Waals surface area contributed by atoms with E-state index in [4.69, 9.17) is 20.9 Å². The Morgan fingerprint density at radius 3 is 2.75 bits per heavy atom. The van der Waals surface area contributed by atoms with Crippen LogP contribution in [0.1, 0.15) is 30.7 Å². The van der Waals surface area contributed by atoms with Gasteiger partial charge in [0.05, 0.1) is 12.5 Å². The number of carbonyl (C=O) groups is 1. The van der Waals surface area contributed by atoms with E-state index in [1.807, 2.05) is 56.3 Å². The first-order valence-electron chi connectivity index (χ1n) is 9.18. The van der Waals surface area contributed by atoms with Gasteiger partial charge < -0.3 is 14.2 Å². The predicted octanol–water partition coefficient (Wildman–Crippen LogP) is 4.62. The van der Waals surface area contributed by atoms with Crippen molar-refractivity contribution in [2.45, 2.75) is 26.2 Å². The van der Waals surface area contributed by atoms with Crippen molar-refractivity contribution in [3.63, 3.8) is 0 Å². The molecule has 28 heavy (non-hydrogen) atoms. The average molecular weight is 398 g/mol. The fraction of sp³-hybridized carbons (Fsp3) is 0.286. The standard InChI is InChI=1S/C21H20ClN3O3/c1-3-27-17-8-5-14(6-9-17)20-23-21(28-24-20)15-10-19(26)25(12-15)16-7-4-13(2)18(22)11-16/h4-9,11,15H,3,10,12H2,1-2H3. The van der Waals surface area contributed by atoms with Gasteiger partial charge in [-0.2, -0.15) is 4.98 Å². The molecule has 1 fully saturated rings. The summed E-state index contributed by atoms with van der Waals surface area (Å²) in [5.74, 6) is 1.64. The zero-order valence-electron chi connectivity index (χ0n) is 15.7. The van der Waals surface area contributed by atoms with Crippen LogP contribution in [0, 0.1) is 6.92 Å². The molecule has 0 saturated carbocycles. The molecule has 1 atom stereocenters. The van der Waals surface area contributed by atoms with Crippen molar-refractivity contribution < 1.29 is 14.1 Å². The van der Waals surface area contributed by atoms with E-state index in [-0.39, 0.29) is 11.8 Å². The smallest absolute Gasteiger partial charge is 0.232 e. The summed E-state index contributed by atoms with van der Waals surface area (Å²) in [4.78, 5) is 18.7. The highest BCUT2D eigenvalue weighted by Crippen LogP contribution is 2.33. The SMILES string of the molecule is CCOc1ccc(-c2noc(C3CC(=O)N(c4ccc(C)c(Cl)c4)C3)n2)cc1. The molecule has 1 aliphatic rings. The van der Waals surface area contributed by atoms with Crippen LogP contribution in [0.3, 0.4) is 0 Å². The van der Waals surface area contributed by atoms with Gasteiger partial charge in [-0.05, 0) is 55.8 Å². The van der Waals surface area contributed by atoms with Crippen LogP contribution in [0.25, 0.3) is 11.4 Å². The van der Waals surface area contributed by atoms with Gasteiger partial charge in [-0.1, -0.05) is 22.8 Å². The fourth-order valence-corrected chi connectivity index (χ4v) is 3.43. The van der Waals surface area contributed by atoms with Gasteiger partial charge >= 0.3 is 0 Å². The summed E-state index contributed by atoms with van der Waals surface area (Å²) in [6.07, 6.45) is 0.330. The summed E-state index contributed by atoms with van der Waals surface area (Å²) >= 11 is 6.21. The third-order valence-corrected chi connectivity index (χ3v) is 5.21. The molecule has 7 heteroatoms. The zero-order valence-corrected chi connectivity index (χ0v) is 16.4. The Kier molecular flexibility index (Phi) is 5.05. The summed E-state index contributed by atoms with van der Waals surface area (Å²) < 4.78 is 10.9. The van der Waals surface area contributed by atoms with E-state index in [1.165, 1.54) is 0 Å². The van der Waals surface area contributed by atoms with E-state index in [9.17, 15) is 4.79 Å². The Balaban J connectivity index is 1.51. The molecule has 1 aliphatic heterocycles. The van der Waals surface area contributed by atoms with Crippen molar-refractivity contribution >= 4 is 23.2 Å². The molecule has 6 nitrogen and oxygen atoms in total. The second-order valence-corrected chi connectivity index (χ2v) is 7.16. The van der Waals surface area contributed by atoms with Crippen molar-refractivity contribution in [1.29, 1.82) is 0 Å². The molecule has 1 unspecified atom stereocenters. The van der Waals surface area contributed by atoms with Crippen LogP contribution in [0.15, 0.2) is 47.0 Å². The van der Waals surface area contributed by atoms with E-state index in [0.29, 0.717) is 36.3 Å². The van der Waals surface area contributed by atoms with Gasteiger partial charge in [-0.3, -0.25) is 4.79 Å². The lowest BCUT2D eigenvalue weighted by molar-refractivity contribution is -0.117. The summed E-state index contributed by atoms with van der Waals surface area (Å²) in [5, 5.41) is 4.72. The number of rotatable bonds is 5. The first kappa shape index (κ1) is 18.5. The summed E-state index contributed by atoms with van der Waals surface area (Å²) in [5.41, 5.74) is 2.60. The number of hydrogen-bond donors (Lipinski definition) is 0. The predicted molar refractivity (Wildman–Crippen MR) is 107 cm³/mol. The normalized spacial score (nSPS) is 16.6. The number of carbonyl (C=O) groups excluding carboxylic acids is 1. The van der Waals surface area contributed by atoms with Crippen molar-refractivity contribution in [3.8, 4) is 17.1 Å². The molecule has 3 aromatic rings. The van der Waals surface area contributed by atoms with Crippen LogP contribution < -0.4 is 9.64 Å². The molecule has 0 spiro atoms. The van der Waals surface area contributed by atoms with Crippen molar-refractivity contribution in [2.24, 2.45) is 0 Å². The summed E-state index contributed by atoms with van der Waals surface area (Å²) in [6, 6.07) is 13.2. The molecule has 1 saturated heterocycles. The maximum absolute atomic E-state index is 12.5. The van der Waals surface area contributed by atoms with Crippen LogP contribution in [0.4, 0.5) is 5.69 Å². The minimum absolute atomic E-state index is 0.0192. The lowest BCUT2D eigenvalue weighted by atomic mass is 10.1. The van der Waals surface area contributed by atoms with Gasteiger partial charge in [0.25, 0.3) is 0 Å². The Morgan fingerprint density at radius 2 is 2.04 bits per heavy atom. The number of halogens is 1. The molecule has 144 valence electrons. The fourth-order valence-electron chi connectivity index (χ4n) is 3.26. The van der Waals surface area contributed by atoms with Crippen LogP contribution in [-0.4, -0.2) is 29.2 Å². The molecule has 2 heterocycles. The minimum Gasteiger partial charge on any atom is -0.494 e. The molecule has 2 aromatic carbocycles. The third-order valence-electron chi connectivity index (χ3n) is 4.81. The maximum atomic E-state index is 12.5. The van der Waals surface area contributed by atoms with Gasteiger partial charge in [0.2, 0.25) is 17.6 Å². The van der Waals surface area contributed by atoms with Crippen molar-refractivity contribution in [2.75, 3.05) is 18.1 Å². The zero-order chi connectivity index (χ0) is 19.7. The van der Waals surface area contributed by atoms with E-state index >= 15 is 0 Å². The van der Waals surface area contributed by atoms with E-state index < -0.39 is 0 Å². The highest BCUT2D eigenvalue weighted by molar-refractivity contribution is 6.31. The van der Waals surface area contributed by atoms with Gasteiger partial charge in [0.1, 0.15) is 5.75 Å². The molecule has 1 aromatic heterocycles. The number of aromatic nitrogens is 2. The molecule has 0 radical (unpaired) electrons. The van der Waals surface area contributed by atoms with Crippen LogP contribution in [-0.2, 0) is 4.79 Å². The van der Waals surface area contributed by atoms with Gasteiger partial charge in [-0.25, -0.2) is 0 Å². The monoisotopic (exact) mass is 397 g/mol. The van der Waals surface area contributed by atoms with Gasteiger partial charge in [-0.15, -0.1) is 0 Å². The second kappa shape index (κ2) is 7.64. The molecule has 1 amide bonds. The van der Waals surface area contributed by atoms with Crippen LogP contribution >= 0.6 is 11.6 Å². The average Bonchev–Trinajstić information content (AvgIpc) is 3.32. The Morgan fingerprint density at radius 1 is 1.25 bits per heavy atom. The molecule has 4 rings (SSSR count). The summed E-state index contributed by atoms with van der Waals surface area (Å²) in [7, 11) is 0. The summed E-state index contributed by atoms with van der Waals surface area (Å²) in [6.45, 7) is 4.98. The first-order valence-corrected chi connectivity index (χ1v) is 9.56. The largest absolute Gasteiger partial charge is 0.494 e. The topological polar surface area (TPSA) is 68.5 Å². The molecule has 0 aliphatic carbocycles. The number of amides is 1. The maximum Gasteiger partial charge on any atom is 0.232 e. The lowest BCUT2D eigenvalue weighted by Gasteiger charge is -2.17. The number of anilines is 1. The van der Waals surface area contributed by atoms with Crippen LogP contribution in [0.2, 0.25) is 5.02 Å².